The summed E-state index contributed by atoms with van der Waals surface area (Å²) in [6, 6.07) is 16.7. The van der Waals surface area contributed by atoms with Crippen molar-refractivity contribution >= 4 is 11.9 Å². The molecule has 2 aliphatic heterocycles. The van der Waals surface area contributed by atoms with Gasteiger partial charge in [0.25, 0.3) is 0 Å². The van der Waals surface area contributed by atoms with Crippen molar-refractivity contribution in [1.29, 1.82) is 0 Å². The van der Waals surface area contributed by atoms with E-state index in [1.54, 1.807) is 71.1 Å². The number of likely N-dealkylation sites (N-methyl/N-ethyl adjacent to an activating group) is 2. The number of carbonyl (C=O) groups excluding carboxylic acids is 2. The number of esters is 2. The monoisotopic (exact) mass is 1090 g/mol. The molecule has 0 amide bonds. The largest absolute Gasteiger partial charge is 0.493 e. The van der Waals surface area contributed by atoms with Crippen molar-refractivity contribution in [1.82, 2.24) is 0 Å². The van der Waals surface area contributed by atoms with Gasteiger partial charge in [0.1, 0.15) is 12.1 Å². The Morgan fingerprint density at radius 1 is 0.449 bits per heavy atom. The van der Waals surface area contributed by atoms with Crippen LogP contribution >= 0.6 is 0 Å². The van der Waals surface area contributed by atoms with Crippen LogP contribution in [0.2, 0.25) is 0 Å². The van der Waals surface area contributed by atoms with Crippen molar-refractivity contribution in [3.8, 4) is 57.5 Å². The lowest BCUT2D eigenvalue weighted by molar-refractivity contribution is -0.941. The summed E-state index contributed by atoms with van der Waals surface area (Å²) >= 11 is 0. The lowest BCUT2D eigenvalue weighted by Gasteiger charge is -2.46. The standard InChI is InChI=1S/C61H86N2O15/c1-62(26-22-44-38-50(66-3)52(68-5)40-46(44)48(62)32-42-34-54(70-7)60(74-11)55(35-42)71-8)24-17-28-76-29-19-31-78-59(65)21-16-14-13-15-20-58(64)77-30-18-25-63(2)27-23-45-39-51(67-4)53(69-6)41-47(45)49(63)33-43-36-56(72-9)61(75-12)57(37-43)73-10/h13-14,34-41,48-49H,15-33H2,1-12H3/q+2/b14-13+/t48-,49+,62?,63?/m0/s1. The molecule has 0 N–H and O–H groups in total. The minimum atomic E-state index is -0.257. The molecule has 0 bridgehead atoms. The fraction of sp³-hybridized carbons (Fsp3) is 0.541. The SMILES string of the molecule is COc1cc2c(cc1OC)[C@@H](Cc1cc(OC)c(OC)c(OC)c1)[N+](C)(CCCOC(=O)CC/C=C/CCC(=O)OCCCOCCC[N+]1(C)CCc3cc(OC)c(OC)cc3[C@@H]1Cc1cc(OC)c(OC)c(OC)c1)CC2. The predicted octanol–water partition coefficient (Wildman–Crippen LogP) is 9.44. The first-order valence-corrected chi connectivity index (χ1v) is 27.1. The quantitative estimate of drug-likeness (QED) is 0.0197. The van der Waals surface area contributed by atoms with Gasteiger partial charge < -0.3 is 70.5 Å². The molecular weight excluding hydrogens is 1000 g/mol. The average molecular weight is 1090 g/mol. The third kappa shape index (κ3) is 15.2. The fourth-order valence-corrected chi connectivity index (χ4v) is 11.2. The van der Waals surface area contributed by atoms with Gasteiger partial charge in [0, 0.05) is 75.5 Å². The van der Waals surface area contributed by atoms with Gasteiger partial charge in [-0.2, -0.15) is 0 Å². The highest BCUT2D eigenvalue weighted by Gasteiger charge is 2.42. The van der Waals surface area contributed by atoms with Crippen molar-refractivity contribution in [2.45, 2.75) is 82.7 Å². The second-order valence-electron chi connectivity index (χ2n) is 20.3. The van der Waals surface area contributed by atoms with E-state index in [-0.39, 0.29) is 36.9 Å². The van der Waals surface area contributed by atoms with Crippen LogP contribution in [0.1, 0.15) is 90.4 Å². The van der Waals surface area contributed by atoms with Crippen LogP contribution < -0.4 is 47.4 Å². The summed E-state index contributed by atoms with van der Waals surface area (Å²) in [6.07, 6.45) is 10.8. The van der Waals surface area contributed by atoms with E-state index in [0.29, 0.717) is 110 Å². The first-order valence-electron chi connectivity index (χ1n) is 27.1. The number of methoxy groups -OCH3 is 10. The third-order valence-electron chi connectivity index (χ3n) is 15.5. The van der Waals surface area contributed by atoms with Crippen LogP contribution in [0.3, 0.4) is 0 Å². The number of carbonyl (C=O) groups is 2. The average Bonchev–Trinajstić information content (AvgIpc) is 3.65. The lowest BCUT2D eigenvalue weighted by atomic mass is 9.86. The molecule has 17 heteroatoms. The molecule has 2 unspecified atom stereocenters. The zero-order chi connectivity index (χ0) is 56.2. The van der Waals surface area contributed by atoms with E-state index >= 15 is 0 Å². The zero-order valence-corrected chi connectivity index (χ0v) is 48.4. The van der Waals surface area contributed by atoms with Gasteiger partial charge in [0.15, 0.2) is 46.0 Å². The summed E-state index contributed by atoms with van der Waals surface area (Å²) in [6.45, 7) is 5.25. The molecule has 2 heterocycles. The Morgan fingerprint density at radius 2 is 0.795 bits per heavy atom. The van der Waals surface area contributed by atoms with E-state index in [2.05, 4.69) is 38.4 Å². The van der Waals surface area contributed by atoms with E-state index in [1.807, 2.05) is 36.4 Å². The lowest BCUT2D eigenvalue weighted by Crippen LogP contribution is -2.52. The molecule has 4 aromatic rings. The Morgan fingerprint density at radius 3 is 1.17 bits per heavy atom. The van der Waals surface area contributed by atoms with E-state index < -0.39 is 0 Å². The molecule has 2 aliphatic rings. The Hall–Kier alpha value is -6.56. The van der Waals surface area contributed by atoms with Crippen LogP contribution in [0.5, 0.6) is 57.5 Å². The minimum Gasteiger partial charge on any atom is -0.493 e. The highest BCUT2D eigenvalue weighted by atomic mass is 16.6. The maximum atomic E-state index is 12.8. The van der Waals surface area contributed by atoms with Gasteiger partial charge in [-0.3, -0.25) is 9.59 Å². The molecule has 0 aliphatic carbocycles. The molecule has 0 radical (unpaired) electrons. The van der Waals surface area contributed by atoms with Crippen LogP contribution in [0.15, 0.2) is 60.7 Å². The molecule has 4 atom stereocenters. The van der Waals surface area contributed by atoms with E-state index in [9.17, 15) is 9.59 Å². The number of allylic oxidation sites excluding steroid dienone is 2. The molecule has 0 fully saturated rings. The smallest absolute Gasteiger partial charge is 0.306 e. The van der Waals surface area contributed by atoms with Gasteiger partial charge >= 0.3 is 11.9 Å². The van der Waals surface area contributed by atoms with E-state index in [4.69, 9.17) is 61.6 Å². The summed E-state index contributed by atoms with van der Waals surface area (Å²) in [5, 5.41) is 0. The number of benzene rings is 4. The van der Waals surface area contributed by atoms with Gasteiger partial charge in [-0.15, -0.1) is 0 Å². The second-order valence-corrected chi connectivity index (χ2v) is 20.3. The van der Waals surface area contributed by atoms with Crippen LogP contribution in [0.4, 0.5) is 0 Å². The van der Waals surface area contributed by atoms with E-state index in [0.717, 1.165) is 77.7 Å². The minimum absolute atomic E-state index is 0.0574. The number of hydrogen-bond acceptors (Lipinski definition) is 15. The normalized spacial score (nSPS) is 18.5. The molecule has 78 heavy (non-hydrogen) atoms. The molecule has 17 nitrogen and oxygen atoms in total. The maximum absolute atomic E-state index is 12.8. The van der Waals surface area contributed by atoms with Gasteiger partial charge in [0.2, 0.25) is 11.5 Å². The molecule has 6 rings (SSSR count). The van der Waals surface area contributed by atoms with Crippen LogP contribution in [0.25, 0.3) is 0 Å². The molecule has 0 saturated carbocycles. The number of fused-ring (bicyclic) bond motifs is 2. The number of hydrogen-bond donors (Lipinski definition) is 0. The van der Waals surface area contributed by atoms with Gasteiger partial charge in [0.05, 0.1) is 131 Å². The number of rotatable bonds is 32. The Labute approximate surface area is 462 Å². The molecular formula is C61H86N2O15+2. The molecule has 0 spiro atoms. The van der Waals surface area contributed by atoms with Gasteiger partial charge in [-0.05, 0) is 83.6 Å². The van der Waals surface area contributed by atoms with Crippen molar-refractivity contribution in [3.05, 3.63) is 94.1 Å². The Kier molecular flexibility index (Phi) is 22.9. The summed E-state index contributed by atoms with van der Waals surface area (Å²) in [5.74, 6) is 5.90. The zero-order valence-electron chi connectivity index (χ0n) is 48.4. The Balaban J connectivity index is 0.893. The van der Waals surface area contributed by atoms with Crippen LogP contribution in [0, 0.1) is 0 Å². The van der Waals surface area contributed by atoms with Crippen LogP contribution in [-0.2, 0) is 49.5 Å². The maximum Gasteiger partial charge on any atom is 0.306 e. The fourth-order valence-electron chi connectivity index (χ4n) is 11.2. The highest BCUT2D eigenvalue weighted by molar-refractivity contribution is 5.70. The number of quaternary nitrogens is 2. The van der Waals surface area contributed by atoms with Crippen molar-refractivity contribution in [3.63, 3.8) is 0 Å². The molecule has 0 aromatic heterocycles. The topological polar surface area (TPSA) is 154 Å². The first kappa shape index (κ1) is 60.7. The van der Waals surface area contributed by atoms with Crippen LogP contribution in [-0.4, -0.2) is 159 Å². The summed E-state index contributed by atoms with van der Waals surface area (Å²) in [7, 11) is 21.0. The van der Waals surface area contributed by atoms with Crippen molar-refractivity contribution in [2.24, 2.45) is 0 Å². The van der Waals surface area contributed by atoms with Crippen molar-refractivity contribution < 1.29 is 80.1 Å². The highest BCUT2D eigenvalue weighted by Crippen LogP contribution is 2.47. The van der Waals surface area contributed by atoms with E-state index in [1.165, 1.54) is 22.3 Å². The van der Waals surface area contributed by atoms with Crippen molar-refractivity contribution in [2.75, 3.05) is 138 Å². The third-order valence-corrected chi connectivity index (χ3v) is 15.5. The molecule has 4 aromatic carbocycles. The Bertz CT molecular complexity index is 2590. The number of nitrogens with zero attached hydrogens (tertiary/aromatic N) is 2. The van der Waals surface area contributed by atoms with Gasteiger partial charge in [-0.1, -0.05) is 12.2 Å². The first-order chi connectivity index (χ1) is 37.7. The summed E-state index contributed by atoms with van der Waals surface area (Å²) in [4.78, 5) is 25.3. The predicted molar refractivity (Wildman–Crippen MR) is 298 cm³/mol. The molecule has 428 valence electrons. The summed E-state index contributed by atoms with van der Waals surface area (Å²) in [5.41, 5.74) is 7.03. The molecule has 0 saturated heterocycles. The van der Waals surface area contributed by atoms with Gasteiger partial charge in [-0.25, -0.2) is 0 Å². The second kappa shape index (κ2) is 29.4. The number of ether oxygens (including phenoxy) is 13. The summed E-state index contributed by atoms with van der Waals surface area (Å²) < 4.78 is 75.7.